The molecule has 7 nitrogen and oxygen atoms in total. The van der Waals surface area contributed by atoms with Gasteiger partial charge in [-0.2, -0.15) is 0 Å². The molecule has 7 rings (SSSR count). The van der Waals surface area contributed by atoms with Gasteiger partial charge in [0.1, 0.15) is 5.82 Å². The second kappa shape index (κ2) is 14.1. The molecule has 0 N–H and O–H groups in total. The van der Waals surface area contributed by atoms with Crippen LogP contribution in [0, 0.1) is 5.92 Å². The number of imidazole rings is 1. The maximum absolute atomic E-state index is 5.91. The first-order valence-corrected chi connectivity index (χ1v) is 17.6. The maximum Gasteiger partial charge on any atom is 0.114 e. The van der Waals surface area contributed by atoms with Crippen molar-refractivity contribution in [2.75, 3.05) is 59.8 Å². The van der Waals surface area contributed by atoms with Gasteiger partial charge in [0.05, 0.1) is 44.1 Å². The number of hydrogen-bond acceptors (Lipinski definition) is 6. The lowest BCUT2D eigenvalue weighted by Gasteiger charge is -2.54. The van der Waals surface area contributed by atoms with Crippen molar-refractivity contribution in [3.63, 3.8) is 0 Å². The number of hydrogen-bond donors (Lipinski definition) is 0. The third kappa shape index (κ3) is 6.76. The van der Waals surface area contributed by atoms with Crippen LogP contribution in [-0.4, -0.2) is 97.3 Å². The quantitative estimate of drug-likeness (QED) is 0.212. The van der Waals surface area contributed by atoms with Crippen molar-refractivity contribution in [1.29, 1.82) is 0 Å². The summed E-state index contributed by atoms with van der Waals surface area (Å²) >= 11 is 0. The Balaban J connectivity index is 1.04. The van der Waals surface area contributed by atoms with Gasteiger partial charge in [0.2, 0.25) is 0 Å². The molecule has 43 heavy (non-hydrogen) atoms. The van der Waals surface area contributed by atoms with Crippen LogP contribution in [0.4, 0.5) is 0 Å². The fourth-order valence-electron chi connectivity index (χ4n) is 9.50. The highest BCUT2D eigenvalue weighted by Gasteiger charge is 2.45. The summed E-state index contributed by atoms with van der Waals surface area (Å²) in [4.78, 5) is 11.1. The molecule has 1 saturated carbocycles. The highest BCUT2D eigenvalue weighted by molar-refractivity contribution is 5.76. The summed E-state index contributed by atoms with van der Waals surface area (Å²) in [5.41, 5.74) is 4.32. The molecule has 5 aliphatic rings. The molecule has 3 aliphatic heterocycles. The minimum Gasteiger partial charge on any atom is -0.382 e. The van der Waals surface area contributed by atoms with Crippen LogP contribution in [0.5, 0.6) is 0 Å². The molecule has 0 amide bonds. The summed E-state index contributed by atoms with van der Waals surface area (Å²) in [6.07, 6.45) is 18.7. The predicted octanol–water partition coefficient (Wildman–Crippen LogP) is 6.34. The monoisotopic (exact) mass is 590 g/mol. The zero-order valence-electron chi connectivity index (χ0n) is 26.5. The van der Waals surface area contributed by atoms with Gasteiger partial charge in [0.25, 0.3) is 0 Å². The number of benzene rings is 1. The summed E-state index contributed by atoms with van der Waals surface area (Å²) < 4.78 is 19.2. The molecule has 4 heterocycles. The summed E-state index contributed by atoms with van der Waals surface area (Å²) in [5.74, 6) is 2.78. The fourth-order valence-corrected chi connectivity index (χ4v) is 9.50. The first-order chi connectivity index (χ1) is 21.3. The van der Waals surface area contributed by atoms with Crippen molar-refractivity contribution >= 4 is 11.0 Å². The highest BCUT2D eigenvalue weighted by atomic mass is 16.5. The SMILES string of the molecule is COCCOCCOCCN1CCC[C@@H](c2nc3ccccc3n2C2CC3CCC[C@@H](C2)N3[C@H]2CC3=CCC[C@@H](C3)C2)C1. The first kappa shape index (κ1) is 29.9. The van der Waals surface area contributed by atoms with Gasteiger partial charge in [0.15, 0.2) is 0 Å². The Hall–Kier alpha value is -1.77. The number of para-hydroxylation sites is 2. The van der Waals surface area contributed by atoms with Crippen molar-refractivity contribution in [3.8, 4) is 0 Å². The summed E-state index contributed by atoms with van der Waals surface area (Å²) in [6.45, 7) is 6.54. The Morgan fingerprint density at radius 3 is 2.47 bits per heavy atom. The number of aromatic nitrogens is 2. The zero-order valence-corrected chi connectivity index (χ0v) is 26.5. The molecule has 4 bridgehead atoms. The van der Waals surface area contributed by atoms with Crippen molar-refractivity contribution in [2.45, 2.75) is 107 Å². The van der Waals surface area contributed by atoms with E-state index < -0.39 is 0 Å². The number of likely N-dealkylation sites (tertiary alicyclic amines) is 1. The zero-order chi connectivity index (χ0) is 29.0. The number of ether oxygens (including phenoxy) is 3. The van der Waals surface area contributed by atoms with E-state index in [0.29, 0.717) is 38.4 Å². The molecule has 236 valence electrons. The lowest BCUT2D eigenvalue weighted by Crippen LogP contribution is -2.57. The van der Waals surface area contributed by atoms with Crippen LogP contribution in [-0.2, 0) is 14.2 Å². The van der Waals surface area contributed by atoms with E-state index in [2.05, 4.69) is 44.7 Å². The third-order valence-electron chi connectivity index (χ3n) is 11.3. The van der Waals surface area contributed by atoms with Crippen molar-refractivity contribution < 1.29 is 14.2 Å². The molecule has 0 radical (unpaired) electrons. The van der Waals surface area contributed by atoms with E-state index in [9.17, 15) is 0 Å². The summed E-state index contributed by atoms with van der Waals surface area (Å²) in [5, 5.41) is 0. The van der Waals surface area contributed by atoms with Gasteiger partial charge in [-0.3, -0.25) is 4.90 Å². The van der Waals surface area contributed by atoms with Crippen LogP contribution in [0.3, 0.4) is 0 Å². The molecule has 3 saturated heterocycles. The second-order valence-electron chi connectivity index (χ2n) is 14.1. The molecule has 0 spiro atoms. The molecular formula is C36H54N4O3. The number of nitrogens with zero attached hydrogens (tertiary/aromatic N) is 4. The number of rotatable bonds is 12. The summed E-state index contributed by atoms with van der Waals surface area (Å²) in [6, 6.07) is 11.8. The van der Waals surface area contributed by atoms with Crippen molar-refractivity contribution in [3.05, 3.63) is 41.7 Å². The van der Waals surface area contributed by atoms with Crippen LogP contribution in [0.1, 0.15) is 94.8 Å². The van der Waals surface area contributed by atoms with E-state index >= 15 is 0 Å². The maximum atomic E-state index is 5.91. The average molecular weight is 591 g/mol. The van der Waals surface area contributed by atoms with Gasteiger partial charge < -0.3 is 23.7 Å². The smallest absolute Gasteiger partial charge is 0.114 e. The largest absolute Gasteiger partial charge is 0.382 e. The Kier molecular flexibility index (Phi) is 9.82. The molecule has 2 aromatic rings. The summed E-state index contributed by atoms with van der Waals surface area (Å²) in [7, 11) is 1.70. The van der Waals surface area contributed by atoms with Gasteiger partial charge in [-0.25, -0.2) is 4.98 Å². The lowest BCUT2D eigenvalue weighted by atomic mass is 9.72. The van der Waals surface area contributed by atoms with Crippen LogP contribution in [0.15, 0.2) is 35.9 Å². The van der Waals surface area contributed by atoms with Crippen LogP contribution >= 0.6 is 0 Å². The van der Waals surface area contributed by atoms with Gasteiger partial charge in [-0.15, -0.1) is 0 Å². The molecule has 7 heteroatoms. The van der Waals surface area contributed by atoms with Gasteiger partial charge in [-0.05, 0) is 95.2 Å². The predicted molar refractivity (Wildman–Crippen MR) is 172 cm³/mol. The number of methoxy groups -OCH3 is 1. The second-order valence-corrected chi connectivity index (χ2v) is 14.1. The highest BCUT2D eigenvalue weighted by Crippen LogP contribution is 2.47. The Bertz CT molecular complexity index is 1210. The van der Waals surface area contributed by atoms with E-state index in [0.717, 1.165) is 50.3 Å². The van der Waals surface area contributed by atoms with E-state index in [-0.39, 0.29) is 0 Å². The van der Waals surface area contributed by atoms with Crippen molar-refractivity contribution in [1.82, 2.24) is 19.4 Å². The number of fused-ring (bicyclic) bond motifs is 5. The van der Waals surface area contributed by atoms with Crippen LogP contribution in [0.25, 0.3) is 11.0 Å². The number of allylic oxidation sites excluding steroid dienone is 1. The average Bonchev–Trinajstić information content (AvgIpc) is 3.41. The van der Waals surface area contributed by atoms with E-state index in [1.54, 1.807) is 12.7 Å². The van der Waals surface area contributed by atoms with E-state index in [1.807, 2.05) is 0 Å². The van der Waals surface area contributed by atoms with E-state index in [1.165, 1.54) is 93.9 Å². The normalized spacial score (nSPS) is 31.8. The Labute approximate surface area is 258 Å². The molecule has 4 fully saturated rings. The van der Waals surface area contributed by atoms with Gasteiger partial charge in [-0.1, -0.05) is 30.2 Å². The third-order valence-corrected chi connectivity index (χ3v) is 11.3. The van der Waals surface area contributed by atoms with Crippen LogP contribution < -0.4 is 0 Å². The van der Waals surface area contributed by atoms with Crippen LogP contribution in [0.2, 0.25) is 0 Å². The lowest BCUT2D eigenvalue weighted by molar-refractivity contribution is -0.0298. The van der Waals surface area contributed by atoms with Gasteiger partial charge in [0, 0.05) is 50.3 Å². The fraction of sp³-hybridized carbons (Fsp3) is 0.750. The minimum atomic E-state index is 0.487. The standard InChI is InChI=1S/C36H54N4O3/c1-41-17-18-43-20-19-42-16-15-38-14-6-9-29(26-38)36-37-34-12-2-3-13-35(34)40(36)33-24-30-10-5-11-31(25-33)39(30)32-22-27-7-4-8-28(21-27)23-32/h2-3,7,12-13,28-33H,4-6,8-11,14-26H2,1H3/t28-,29+,30-,31?,32-,33?/m0/s1. The topological polar surface area (TPSA) is 52.0 Å². The minimum absolute atomic E-state index is 0.487. The van der Waals surface area contributed by atoms with Crippen molar-refractivity contribution in [2.24, 2.45) is 5.92 Å². The molecule has 2 aliphatic carbocycles. The number of piperidine rings is 3. The Morgan fingerprint density at radius 1 is 0.814 bits per heavy atom. The molecule has 1 aromatic carbocycles. The first-order valence-electron chi connectivity index (χ1n) is 17.6. The molecular weight excluding hydrogens is 536 g/mol. The molecule has 6 atom stereocenters. The molecule has 2 unspecified atom stereocenters. The Morgan fingerprint density at radius 2 is 1.63 bits per heavy atom. The van der Waals surface area contributed by atoms with Gasteiger partial charge >= 0.3 is 0 Å². The van der Waals surface area contributed by atoms with E-state index in [4.69, 9.17) is 19.2 Å². The molecule has 1 aromatic heterocycles.